The van der Waals surface area contributed by atoms with Gasteiger partial charge in [0.2, 0.25) is 10.0 Å². The first-order valence-electron chi connectivity index (χ1n) is 8.55. The highest BCUT2D eigenvalue weighted by Gasteiger charge is 2.14. The van der Waals surface area contributed by atoms with E-state index in [1.165, 1.54) is 28.3 Å². The second kappa shape index (κ2) is 8.48. The standard InChI is InChI=1S/C17H28N4O2S/c1-3-24(22,23)21(2)13-7-12-19-17(18)20-16-11-6-9-14-8-4-5-10-15(14)16/h6,9,11H,3-5,7-8,10,12-13H2,1-2H3,(H3,18,19,20). The Kier molecular flexibility index (Phi) is 6.62. The van der Waals surface area contributed by atoms with E-state index in [0.717, 1.165) is 18.5 Å². The van der Waals surface area contributed by atoms with Crippen molar-refractivity contribution in [2.45, 2.75) is 39.0 Å². The number of nitrogens with one attached hydrogen (secondary N) is 1. The number of benzene rings is 1. The third kappa shape index (κ3) is 4.95. The molecule has 0 heterocycles. The summed E-state index contributed by atoms with van der Waals surface area (Å²) in [4.78, 5) is 4.31. The van der Waals surface area contributed by atoms with Gasteiger partial charge in [0, 0.05) is 25.8 Å². The molecule has 0 aromatic heterocycles. The van der Waals surface area contributed by atoms with E-state index in [9.17, 15) is 8.42 Å². The van der Waals surface area contributed by atoms with E-state index >= 15 is 0 Å². The summed E-state index contributed by atoms with van der Waals surface area (Å²) in [6, 6.07) is 6.26. The molecule has 0 unspecified atom stereocenters. The SMILES string of the molecule is CCS(=O)(=O)N(C)CCCN=C(N)Nc1cccc2c1CCCC2. The molecule has 0 fully saturated rings. The molecule has 1 aliphatic rings. The Hall–Kier alpha value is -1.60. The predicted molar refractivity (Wildman–Crippen MR) is 99.9 cm³/mol. The maximum absolute atomic E-state index is 11.7. The minimum absolute atomic E-state index is 0.121. The van der Waals surface area contributed by atoms with Gasteiger partial charge in [0.25, 0.3) is 0 Å². The normalized spacial score (nSPS) is 15.4. The number of hydrogen-bond donors (Lipinski definition) is 2. The number of anilines is 1. The van der Waals surface area contributed by atoms with E-state index in [2.05, 4.69) is 16.4 Å². The van der Waals surface area contributed by atoms with Crippen molar-refractivity contribution >= 4 is 21.7 Å². The third-order valence-corrected chi connectivity index (χ3v) is 6.27. The first-order chi connectivity index (χ1) is 11.4. The molecule has 7 heteroatoms. The molecule has 134 valence electrons. The van der Waals surface area contributed by atoms with Crippen LogP contribution in [0.15, 0.2) is 23.2 Å². The molecule has 6 nitrogen and oxygen atoms in total. The fraction of sp³-hybridized carbons (Fsp3) is 0.588. The van der Waals surface area contributed by atoms with Crippen molar-refractivity contribution in [1.29, 1.82) is 0 Å². The number of nitrogens with zero attached hydrogens (tertiary/aromatic N) is 2. The molecule has 0 atom stereocenters. The largest absolute Gasteiger partial charge is 0.370 e. The van der Waals surface area contributed by atoms with Gasteiger partial charge in [-0.05, 0) is 56.2 Å². The van der Waals surface area contributed by atoms with Crippen molar-refractivity contribution in [2.24, 2.45) is 10.7 Å². The molecule has 0 spiro atoms. The van der Waals surface area contributed by atoms with E-state index in [4.69, 9.17) is 5.73 Å². The molecule has 0 bridgehead atoms. The topological polar surface area (TPSA) is 87.8 Å². The van der Waals surface area contributed by atoms with Crippen LogP contribution >= 0.6 is 0 Å². The highest BCUT2D eigenvalue weighted by Crippen LogP contribution is 2.27. The van der Waals surface area contributed by atoms with E-state index in [0.29, 0.717) is 25.5 Å². The first kappa shape index (κ1) is 18.7. The smallest absolute Gasteiger partial charge is 0.213 e. The maximum atomic E-state index is 11.7. The molecule has 0 saturated carbocycles. The molecule has 0 radical (unpaired) electrons. The van der Waals surface area contributed by atoms with Gasteiger partial charge in [-0.25, -0.2) is 12.7 Å². The van der Waals surface area contributed by atoms with Crippen molar-refractivity contribution in [2.75, 3.05) is 31.2 Å². The summed E-state index contributed by atoms with van der Waals surface area (Å²) in [7, 11) is -1.52. The van der Waals surface area contributed by atoms with Crippen LogP contribution in [0.2, 0.25) is 0 Å². The van der Waals surface area contributed by atoms with Gasteiger partial charge in [0.1, 0.15) is 0 Å². The van der Waals surface area contributed by atoms with Crippen LogP contribution in [0, 0.1) is 0 Å². The Labute approximate surface area is 145 Å². The van der Waals surface area contributed by atoms with Crippen LogP contribution in [0.3, 0.4) is 0 Å². The van der Waals surface area contributed by atoms with Gasteiger partial charge in [-0.2, -0.15) is 0 Å². The Morgan fingerprint density at radius 3 is 2.83 bits per heavy atom. The quantitative estimate of drug-likeness (QED) is 0.446. The van der Waals surface area contributed by atoms with E-state index < -0.39 is 10.0 Å². The molecule has 1 aliphatic carbocycles. The van der Waals surface area contributed by atoms with E-state index in [1.54, 1.807) is 14.0 Å². The Bertz CT molecular complexity index is 686. The number of aryl methyl sites for hydroxylation is 1. The molecule has 0 aliphatic heterocycles. The number of rotatable bonds is 7. The van der Waals surface area contributed by atoms with Crippen LogP contribution < -0.4 is 11.1 Å². The highest BCUT2D eigenvalue weighted by atomic mass is 32.2. The zero-order chi connectivity index (χ0) is 17.6. The monoisotopic (exact) mass is 352 g/mol. The maximum Gasteiger partial charge on any atom is 0.213 e. The summed E-state index contributed by atoms with van der Waals surface area (Å²) < 4.78 is 24.7. The lowest BCUT2D eigenvalue weighted by atomic mass is 9.90. The van der Waals surface area contributed by atoms with Gasteiger partial charge >= 0.3 is 0 Å². The van der Waals surface area contributed by atoms with Gasteiger partial charge in [-0.15, -0.1) is 0 Å². The number of sulfonamides is 1. The van der Waals surface area contributed by atoms with Crippen LogP contribution in [-0.4, -0.2) is 44.6 Å². The fourth-order valence-corrected chi connectivity index (χ4v) is 3.78. The fourth-order valence-electron chi connectivity index (χ4n) is 2.93. The van der Waals surface area contributed by atoms with E-state index in [-0.39, 0.29) is 5.75 Å². The van der Waals surface area contributed by atoms with E-state index in [1.807, 2.05) is 12.1 Å². The van der Waals surface area contributed by atoms with Crippen molar-refractivity contribution < 1.29 is 8.42 Å². The van der Waals surface area contributed by atoms with Gasteiger partial charge < -0.3 is 11.1 Å². The zero-order valence-corrected chi connectivity index (χ0v) is 15.4. The summed E-state index contributed by atoms with van der Waals surface area (Å²) in [5, 5.41) is 3.20. The molecule has 0 amide bonds. The number of nitrogens with two attached hydrogens (primary N) is 1. The Balaban J connectivity index is 1.87. The predicted octanol–water partition coefficient (Wildman–Crippen LogP) is 1.96. The van der Waals surface area contributed by atoms with Crippen molar-refractivity contribution in [3.8, 4) is 0 Å². The van der Waals surface area contributed by atoms with Crippen molar-refractivity contribution in [1.82, 2.24) is 4.31 Å². The number of fused-ring (bicyclic) bond motifs is 1. The lowest BCUT2D eigenvalue weighted by molar-refractivity contribution is 0.465. The third-order valence-electron chi connectivity index (χ3n) is 4.41. The first-order valence-corrected chi connectivity index (χ1v) is 10.2. The summed E-state index contributed by atoms with van der Waals surface area (Å²) in [5.41, 5.74) is 9.75. The number of aliphatic imine (C=N–C) groups is 1. The summed E-state index contributed by atoms with van der Waals surface area (Å²) in [6.45, 7) is 2.59. The molecule has 1 aromatic rings. The van der Waals surface area contributed by atoms with Crippen LogP contribution in [-0.2, 0) is 22.9 Å². The second-order valence-corrected chi connectivity index (χ2v) is 8.48. The van der Waals surface area contributed by atoms with Gasteiger partial charge in [0.05, 0.1) is 5.75 Å². The minimum Gasteiger partial charge on any atom is -0.370 e. The number of hydrogen-bond acceptors (Lipinski definition) is 3. The summed E-state index contributed by atoms with van der Waals surface area (Å²) in [6.07, 6.45) is 5.30. The van der Waals surface area contributed by atoms with Crippen molar-refractivity contribution in [3.63, 3.8) is 0 Å². The average Bonchev–Trinajstić information content (AvgIpc) is 2.58. The molecule has 0 saturated heterocycles. The highest BCUT2D eigenvalue weighted by molar-refractivity contribution is 7.89. The average molecular weight is 353 g/mol. The number of guanidine groups is 1. The molecule has 1 aromatic carbocycles. The van der Waals surface area contributed by atoms with Crippen molar-refractivity contribution in [3.05, 3.63) is 29.3 Å². The molecular weight excluding hydrogens is 324 g/mol. The second-order valence-electron chi connectivity index (χ2n) is 6.12. The molecular formula is C17H28N4O2S. The molecule has 3 N–H and O–H groups in total. The Morgan fingerprint density at radius 2 is 2.08 bits per heavy atom. The van der Waals surface area contributed by atoms with Gasteiger partial charge in [0.15, 0.2) is 5.96 Å². The lowest BCUT2D eigenvalue weighted by Crippen LogP contribution is -2.30. The van der Waals surface area contributed by atoms with Crippen LogP contribution in [0.25, 0.3) is 0 Å². The van der Waals surface area contributed by atoms with Crippen LogP contribution in [0.1, 0.15) is 37.3 Å². The molecule has 2 rings (SSSR count). The van der Waals surface area contributed by atoms with Crippen LogP contribution in [0.5, 0.6) is 0 Å². The van der Waals surface area contributed by atoms with Crippen LogP contribution in [0.4, 0.5) is 5.69 Å². The summed E-state index contributed by atoms with van der Waals surface area (Å²) >= 11 is 0. The van der Waals surface area contributed by atoms with Gasteiger partial charge in [-0.3, -0.25) is 4.99 Å². The summed E-state index contributed by atoms with van der Waals surface area (Å²) in [5.74, 6) is 0.505. The molecule has 24 heavy (non-hydrogen) atoms. The van der Waals surface area contributed by atoms with Gasteiger partial charge in [-0.1, -0.05) is 12.1 Å². The Morgan fingerprint density at radius 1 is 1.33 bits per heavy atom. The minimum atomic E-state index is -3.12. The zero-order valence-electron chi connectivity index (χ0n) is 14.6. The lowest BCUT2D eigenvalue weighted by Gasteiger charge is -2.20.